The van der Waals surface area contributed by atoms with E-state index < -0.39 is 0 Å². The highest BCUT2D eigenvalue weighted by atomic mass is 79.9. The van der Waals surface area contributed by atoms with E-state index in [-0.39, 0.29) is 18.6 Å². The third-order valence-electron chi connectivity index (χ3n) is 2.72. The van der Waals surface area contributed by atoms with E-state index in [2.05, 4.69) is 21.2 Å². The monoisotopic (exact) mass is 307 g/mol. The van der Waals surface area contributed by atoms with Gasteiger partial charge in [-0.25, -0.2) is 0 Å². The topological polar surface area (TPSA) is 49.3 Å². The molecular formula is C14H14BrNO2. The summed E-state index contributed by atoms with van der Waals surface area (Å²) >= 11 is 3.41. The van der Waals surface area contributed by atoms with Crippen LogP contribution in [0, 0.1) is 0 Å². The fourth-order valence-electron chi connectivity index (χ4n) is 1.71. The Morgan fingerprint density at radius 3 is 2.67 bits per heavy atom. The Hall–Kier alpha value is -1.39. The van der Waals surface area contributed by atoms with Crippen LogP contribution in [0.15, 0.2) is 40.9 Å². The van der Waals surface area contributed by atoms with Crippen molar-refractivity contribution in [1.82, 2.24) is 5.32 Å². The highest BCUT2D eigenvalue weighted by Gasteiger charge is 2.09. The molecule has 0 aliphatic rings. The van der Waals surface area contributed by atoms with Gasteiger partial charge in [0.05, 0.1) is 6.61 Å². The Kier molecular flexibility index (Phi) is 3.99. The van der Waals surface area contributed by atoms with E-state index in [1.165, 1.54) is 0 Å². The van der Waals surface area contributed by atoms with Gasteiger partial charge in [0.15, 0.2) is 0 Å². The zero-order chi connectivity index (χ0) is 13.1. The number of carbonyl (C=O) groups is 1. The van der Waals surface area contributed by atoms with Crippen molar-refractivity contribution in [2.45, 2.75) is 13.0 Å². The minimum absolute atomic E-state index is 0.0632. The molecule has 0 spiro atoms. The van der Waals surface area contributed by atoms with Crippen LogP contribution >= 0.6 is 15.9 Å². The van der Waals surface area contributed by atoms with Crippen molar-refractivity contribution in [3.05, 3.63) is 46.4 Å². The molecule has 2 aromatic rings. The van der Waals surface area contributed by atoms with Gasteiger partial charge in [0.1, 0.15) is 0 Å². The third-order valence-corrected chi connectivity index (χ3v) is 3.21. The average molecular weight is 308 g/mol. The van der Waals surface area contributed by atoms with E-state index in [1.807, 2.05) is 30.3 Å². The summed E-state index contributed by atoms with van der Waals surface area (Å²) in [5.41, 5.74) is 0.602. The predicted octanol–water partition coefficient (Wildman–Crippen LogP) is 2.71. The highest BCUT2D eigenvalue weighted by molar-refractivity contribution is 9.10. The maximum Gasteiger partial charge on any atom is 0.251 e. The van der Waals surface area contributed by atoms with Gasteiger partial charge in [-0.15, -0.1) is 0 Å². The van der Waals surface area contributed by atoms with Gasteiger partial charge in [0.2, 0.25) is 0 Å². The van der Waals surface area contributed by atoms with E-state index in [0.29, 0.717) is 5.56 Å². The van der Waals surface area contributed by atoms with Gasteiger partial charge in [-0.05, 0) is 42.0 Å². The van der Waals surface area contributed by atoms with Crippen molar-refractivity contribution >= 4 is 32.6 Å². The number of hydrogen-bond acceptors (Lipinski definition) is 2. The second kappa shape index (κ2) is 5.50. The normalized spacial score (nSPS) is 12.4. The van der Waals surface area contributed by atoms with E-state index in [9.17, 15) is 4.79 Å². The van der Waals surface area contributed by atoms with Crippen LogP contribution in [0.2, 0.25) is 0 Å². The van der Waals surface area contributed by atoms with Gasteiger partial charge in [-0.3, -0.25) is 4.79 Å². The first-order valence-corrected chi connectivity index (χ1v) is 6.50. The first-order chi connectivity index (χ1) is 8.60. The van der Waals surface area contributed by atoms with Crippen LogP contribution in [0.25, 0.3) is 10.8 Å². The summed E-state index contributed by atoms with van der Waals surface area (Å²) in [5, 5.41) is 13.7. The van der Waals surface area contributed by atoms with E-state index >= 15 is 0 Å². The molecule has 0 bridgehead atoms. The van der Waals surface area contributed by atoms with Crippen LogP contribution in [0.4, 0.5) is 0 Å². The maximum absolute atomic E-state index is 11.9. The lowest BCUT2D eigenvalue weighted by Gasteiger charge is -2.11. The number of aliphatic hydroxyl groups excluding tert-OH is 1. The molecule has 2 aromatic carbocycles. The van der Waals surface area contributed by atoms with Crippen LogP contribution in [0.1, 0.15) is 17.3 Å². The summed E-state index contributed by atoms with van der Waals surface area (Å²) in [5.74, 6) is -0.165. The summed E-state index contributed by atoms with van der Waals surface area (Å²) < 4.78 is 1.01. The smallest absolute Gasteiger partial charge is 0.251 e. The summed E-state index contributed by atoms with van der Waals surface area (Å²) in [6.07, 6.45) is 0. The van der Waals surface area contributed by atoms with Crippen molar-refractivity contribution in [2.75, 3.05) is 6.61 Å². The molecule has 0 aromatic heterocycles. The molecule has 0 radical (unpaired) electrons. The van der Waals surface area contributed by atoms with Crippen molar-refractivity contribution in [3.63, 3.8) is 0 Å². The number of benzene rings is 2. The van der Waals surface area contributed by atoms with Crippen molar-refractivity contribution in [1.29, 1.82) is 0 Å². The summed E-state index contributed by atoms with van der Waals surface area (Å²) in [6, 6.07) is 11.2. The fourth-order valence-corrected chi connectivity index (χ4v) is 2.09. The zero-order valence-electron chi connectivity index (χ0n) is 9.98. The van der Waals surface area contributed by atoms with Gasteiger partial charge < -0.3 is 10.4 Å². The second-order valence-electron chi connectivity index (χ2n) is 4.26. The van der Waals surface area contributed by atoms with Crippen molar-refractivity contribution < 1.29 is 9.90 Å². The Morgan fingerprint density at radius 1 is 1.28 bits per heavy atom. The van der Waals surface area contributed by atoms with E-state index in [0.717, 1.165) is 15.2 Å². The van der Waals surface area contributed by atoms with Crippen LogP contribution < -0.4 is 5.32 Å². The van der Waals surface area contributed by atoms with Crippen LogP contribution in [0.3, 0.4) is 0 Å². The molecule has 4 heteroatoms. The molecule has 0 heterocycles. The lowest BCUT2D eigenvalue weighted by atomic mass is 10.1. The number of carbonyl (C=O) groups excluding carboxylic acids is 1. The van der Waals surface area contributed by atoms with E-state index in [4.69, 9.17) is 5.11 Å². The largest absolute Gasteiger partial charge is 0.394 e. The van der Waals surface area contributed by atoms with Gasteiger partial charge in [0.25, 0.3) is 5.91 Å². The van der Waals surface area contributed by atoms with Gasteiger partial charge in [-0.1, -0.05) is 28.1 Å². The zero-order valence-corrected chi connectivity index (χ0v) is 11.6. The molecule has 2 N–H and O–H groups in total. The lowest BCUT2D eigenvalue weighted by molar-refractivity contribution is 0.0922. The quantitative estimate of drug-likeness (QED) is 0.916. The Bertz CT molecular complexity index is 583. The number of fused-ring (bicyclic) bond motifs is 1. The Balaban J connectivity index is 2.30. The number of halogens is 1. The molecule has 2 rings (SSSR count). The molecule has 0 unspecified atom stereocenters. The molecule has 0 fully saturated rings. The standard InChI is InChI=1S/C14H14BrNO2/c1-9(8-17)16-14(18)12-3-2-11-7-13(15)5-4-10(11)6-12/h2-7,9,17H,8H2,1H3,(H,16,18)/t9-/m1/s1. The molecule has 18 heavy (non-hydrogen) atoms. The maximum atomic E-state index is 11.9. The highest BCUT2D eigenvalue weighted by Crippen LogP contribution is 2.20. The van der Waals surface area contributed by atoms with Gasteiger partial charge in [-0.2, -0.15) is 0 Å². The molecule has 3 nitrogen and oxygen atoms in total. The number of hydrogen-bond donors (Lipinski definition) is 2. The van der Waals surface area contributed by atoms with Gasteiger partial charge in [0, 0.05) is 16.1 Å². The third kappa shape index (κ3) is 2.89. The van der Waals surface area contributed by atoms with Gasteiger partial charge >= 0.3 is 0 Å². The number of amides is 1. The molecular weight excluding hydrogens is 294 g/mol. The van der Waals surface area contributed by atoms with Crippen LogP contribution in [0.5, 0.6) is 0 Å². The predicted molar refractivity (Wildman–Crippen MR) is 75.7 cm³/mol. The number of rotatable bonds is 3. The minimum atomic E-state index is -0.238. The molecule has 0 aliphatic heterocycles. The molecule has 0 saturated carbocycles. The molecule has 1 atom stereocenters. The molecule has 1 amide bonds. The molecule has 94 valence electrons. The van der Waals surface area contributed by atoms with Crippen LogP contribution in [-0.2, 0) is 0 Å². The molecule has 0 saturated heterocycles. The summed E-state index contributed by atoms with van der Waals surface area (Å²) in [4.78, 5) is 11.9. The first kappa shape index (κ1) is 13.1. The summed E-state index contributed by atoms with van der Waals surface area (Å²) in [7, 11) is 0. The number of aliphatic hydroxyl groups is 1. The van der Waals surface area contributed by atoms with Crippen LogP contribution in [-0.4, -0.2) is 23.7 Å². The Morgan fingerprint density at radius 2 is 1.94 bits per heavy atom. The first-order valence-electron chi connectivity index (χ1n) is 5.71. The van der Waals surface area contributed by atoms with Crippen molar-refractivity contribution in [3.8, 4) is 0 Å². The number of nitrogens with one attached hydrogen (secondary N) is 1. The van der Waals surface area contributed by atoms with Crippen molar-refractivity contribution in [2.24, 2.45) is 0 Å². The second-order valence-corrected chi connectivity index (χ2v) is 5.18. The fraction of sp³-hybridized carbons (Fsp3) is 0.214. The lowest BCUT2D eigenvalue weighted by Crippen LogP contribution is -2.34. The SMILES string of the molecule is C[C@H](CO)NC(=O)c1ccc2cc(Br)ccc2c1. The van der Waals surface area contributed by atoms with E-state index in [1.54, 1.807) is 13.0 Å². The Labute approximate surface area is 114 Å². The average Bonchev–Trinajstić information content (AvgIpc) is 2.37. The molecule has 0 aliphatic carbocycles. The minimum Gasteiger partial charge on any atom is -0.394 e. The summed E-state index contributed by atoms with van der Waals surface area (Å²) in [6.45, 7) is 1.70.